The zero-order chi connectivity index (χ0) is 12.7. The Bertz CT molecular complexity index is 524. The molecule has 1 fully saturated rings. The van der Waals surface area contributed by atoms with Gasteiger partial charge in [0.2, 0.25) is 0 Å². The molecule has 2 heterocycles. The van der Waals surface area contributed by atoms with Crippen molar-refractivity contribution in [1.29, 1.82) is 0 Å². The highest BCUT2D eigenvalue weighted by Crippen LogP contribution is 2.39. The van der Waals surface area contributed by atoms with Crippen LogP contribution in [0.25, 0.3) is 0 Å². The Balaban J connectivity index is 2.07. The van der Waals surface area contributed by atoms with E-state index in [1.165, 1.54) is 0 Å². The second kappa shape index (κ2) is 4.21. The topological polar surface area (TPSA) is 52.9 Å². The second-order valence-electron chi connectivity index (χ2n) is 4.95. The van der Waals surface area contributed by atoms with Crippen molar-refractivity contribution < 1.29 is 9.90 Å². The van der Waals surface area contributed by atoms with Gasteiger partial charge in [-0.1, -0.05) is 18.2 Å². The normalized spacial score (nSPS) is 25.4. The molecule has 1 aromatic carbocycles. The molecule has 0 amide bonds. The number of aliphatic hydroxyl groups is 1. The lowest BCUT2D eigenvalue weighted by molar-refractivity contribution is -0.117. The third-order valence-electron chi connectivity index (χ3n) is 3.62. The van der Waals surface area contributed by atoms with Crippen molar-refractivity contribution in [2.75, 3.05) is 6.54 Å². The molecular formula is C14H16N2O2. The minimum absolute atomic E-state index is 0.0309. The lowest BCUT2D eigenvalue weighted by atomic mass is 9.97. The first-order valence-corrected chi connectivity index (χ1v) is 6.28. The molecule has 3 rings (SSSR count). The summed E-state index contributed by atoms with van der Waals surface area (Å²) >= 11 is 0. The molecule has 0 bridgehead atoms. The maximum Gasteiger partial charge on any atom is 0.134 e. The van der Waals surface area contributed by atoms with Crippen LogP contribution in [0.2, 0.25) is 0 Å². The predicted octanol–water partition coefficient (Wildman–Crippen LogP) is 1.82. The monoisotopic (exact) mass is 244 g/mol. The van der Waals surface area contributed by atoms with Gasteiger partial charge in [0.1, 0.15) is 17.7 Å². The van der Waals surface area contributed by atoms with Crippen LogP contribution in [0.4, 0.5) is 5.69 Å². The highest BCUT2D eigenvalue weighted by molar-refractivity contribution is 5.93. The molecule has 2 aliphatic heterocycles. The van der Waals surface area contributed by atoms with Crippen LogP contribution >= 0.6 is 0 Å². The number of amidine groups is 1. The van der Waals surface area contributed by atoms with Crippen molar-refractivity contribution >= 4 is 17.3 Å². The molecule has 18 heavy (non-hydrogen) atoms. The molecule has 0 aliphatic carbocycles. The van der Waals surface area contributed by atoms with Crippen molar-refractivity contribution in [1.82, 2.24) is 4.90 Å². The third kappa shape index (κ3) is 1.73. The molecule has 2 aliphatic rings. The molecule has 94 valence electrons. The Morgan fingerprint density at radius 3 is 3.06 bits per heavy atom. The van der Waals surface area contributed by atoms with E-state index in [4.69, 9.17) is 0 Å². The van der Waals surface area contributed by atoms with Crippen LogP contribution in [0.5, 0.6) is 0 Å². The van der Waals surface area contributed by atoms with E-state index in [1.54, 1.807) is 6.92 Å². The number of aliphatic hydroxyl groups excluding tert-OH is 1. The SMILES string of the molecule is CC(=O)C[C@@H]1c2ccccc2N=C2[C@H](O)CCN21. The number of Topliss-reactive ketones (excluding diaryl/α,β-unsaturated/α-hetero) is 1. The number of carbonyl (C=O) groups is 1. The summed E-state index contributed by atoms with van der Waals surface area (Å²) < 4.78 is 0. The number of ketones is 1. The fourth-order valence-electron chi connectivity index (χ4n) is 2.81. The first kappa shape index (κ1) is 11.4. The quantitative estimate of drug-likeness (QED) is 0.863. The summed E-state index contributed by atoms with van der Waals surface area (Å²) in [6, 6.07) is 7.90. The molecule has 0 spiro atoms. The average Bonchev–Trinajstić information content (AvgIpc) is 2.71. The van der Waals surface area contributed by atoms with E-state index >= 15 is 0 Å². The van der Waals surface area contributed by atoms with Crippen LogP contribution in [-0.4, -0.2) is 34.3 Å². The molecule has 1 saturated heterocycles. The number of fused-ring (bicyclic) bond motifs is 2. The number of para-hydroxylation sites is 1. The van der Waals surface area contributed by atoms with Gasteiger partial charge in [0.05, 0.1) is 11.7 Å². The largest absolute Gasteiger partial charge is 0.385 e. The smallest absolute Gasteiger partial charge is 0.134 e. The van der Waals surface area contributed by atoms with Crippen LogP contribution in [0, 0.1) is 0 Å². The van der Waals surface area contributed by atoms with Crippen molar-refractivity contribution in [3.05, 3.63) is 29.8 Å². The minimum Gasteiger partial charge on any atom is -0.385 e. The molecule has 0 unspecified atom stereocenters. The molecule has 4 nitrogen and oxygen atoms in total. The van der Waals surface area contributed by atoms with Crippen molar-refractivity contribution in [3.63, 3.8) is 0 Å². The number of benzene rings is 1. The fourth-order valence-corrected chi connectivity index (χ4v) is 2.81. The summed E-state index contributed by atoms with van der Waals surface area (Å²) in [6.07, 6.45) is 0.678. The predicted molar refractivity (Wildman–Crippen MR) is 68.9 cm³/mol. The first-order chi connectivity index (χ1) is 8.66. The van der Waals surface area contributed by atoms with E-state index in [1.807, 2.05) is 24.3 Å². The highest BCUT2D eigenvalue weighted by Gasteiger charge is 2.37. The van der Waals surface area contributed by atoms with Crippen LogP contribution in [0.15, 0.2) is 29.3 Å². The van der Waals surface area contributed by atoms with Gasteiger partial charge in [-0.15, -0.1) is 0 Å². The van der Waals surface area contributed by atoms with E-state index in [-0.39, 0.29) is 11.8 Å². The Labute approximate surface area is 106 Å². The Morgan fingerprint density at radius 1 is 1.50 bits per heavy atom. The standard InChI is InChI=1S/C14H16N2O2/c1-9(17)8-12-10-4-2-3-5-11(10)15-14-13(18)6-7-16(12)14/h2-5,12-13,18H,6-8H2,1H3/t12-,13-/m1/s1. The number of hydrogen-bond donors (Lipinski definition) is 1. The Hall–Kier alpha value is -1.68. The summed E-state index contributed by atoms with van der Waals surface area (Å²) in [5.74, 6) is 0.886. The van der Waals surface area contributed by atoms with Gasteiger partial charge in [-0.05, 0) is 19.4 Å². The summed E-state index contributed by atoms with van der Waals surface area (Å²) in [5, 5.41) is 9.94. The van der Waals surface area contributed by atoms with E-state index in [0.717, 1.165) is 23.6 Å². The lowest BCUT2D eigenvalue weighted by Gasteiger charge is -2.34. The summed E-state index contributed by atoms with van der Waals surface area (Å²) in [7, 11) is 0. The van der Waals surface area contributed by atoms with Gasteiger partial charge in [-0.2, -0.15) is 0 Å². The van der Waals surface area contributed by atoms with Gasteiger partial charge in [0, 0.05) is 18.5 Å². The number of carbonyl (C=O) groups excluding carboxylic acids is 1. The Kier molecular flexibility index (Phi) is 2.67. The number of nitrogens with zero attached hydrogens (tertiary/aromatic N) is 2. The molecule has 1 N–H and O–H groups in total. The Morgan fingerprint density at radius 2 is 2.28 bits per heavy atom. The third-order valence-corrected chi connectivity index (χ3v) is 3.62. The minimum atomic E-state index is -0.493. The maximum absolute atomic E-state index is 11.5. The van der Waals surface area contributed by atoms with Crippen molar-refractivity contribution in [2.24, 2.45) is 4.99 Å². The highest BCUT2D eigenvalue weighted by atomic mass is 16.3. The maximum atomic E-state index is 11.5. The van der Waals surface area contributed by atoms with Gasteiger partial charge < -0.3 is 10.0 Å². The second-order valence-corrected chi connectivity index (χ2v) is 4.95. The first-order valence-electron chi connectivity index (χ1n) is 6.28. The molecule has 4 heteroatoms. The fraction of sp³-hybridized carbons (Fsp3) is 0.429. The van der Waals surface area contributed by atoms with E-state index < -0.39 is 6.10 Å². The number of aliphatic imine (C=N–C) groups is 1. The van der Waals surface area contributed by atoms with E-state index in [9.17, 15) is 9.90 Å². The zero-order valence-corrected chi connectivity index (χ0v) is 10.3. The van der Waals surface area contributed by atoms with E-state index in [2.05, 4.69) is 9.89 Å². The van der Waals surface area contributed by atoms with Crippen LogP contribution in [-0.2, 0) is 4.79 Å². The average molecular weight is 244 g/mol. The van der Waals surface area contributed by atoms with Gasteiger partial charge in [-0.25, -0.2) is 4.99 Å². The molecule has 2 atom stereocenters. The van der Waals surface area contributed by atoms with Crippen molar-refractivity contribution in [3.8, 4) is 0 Å². The van der Waals surface area contributed by atoms with Crippen LogP contribution in [0.3, 0.4) is 0 Å². The zero-order valence-electron chi connectivity index (χ0n) is 10.3. The summed E-state index contributed by atoms with van der Waals surface area (Å²) in [6.45, 7) is 2.38. The molecule has 0 aromatic heterocycles. The number of rotatable bonds is 2. The molecule has 0 radical (unpaired) electrons. The number of hydrogen-bond acceptors (Lipinski definition) is 4. The van der Waals surface area contributed by atoms with Crippen LogP contribution < -0.4 is 0 Å². The van der Waals surface area contributed by atoms with Gasteiger partial charge in [0.15, 0.2) is 0 Å². The van der Waals surface area contributed by atoms with Crippen LogP contribution in [0.1, 0.15) is 31.4 Å². The molecule has 0 saturated carbocycles. The lowest BCUT2D eigenvalue weighted by Crippen LogP contribution is -2.36. The van der Waals surface area contributed by atoms with Gasteiger partial charge >= 0.3 is 0 Å². The van der Waals surface area contributed by atoms with Crippen molar-refractivity contribution in [2.45, 2.75) is 31.9 Å². The van der Waals surface area contributed by atoms with Gasteiger partial charge in [-0.3, -0.25) is 4.79 Å². The molecule has 1 aromatic rings. The molecular weight excluding hydrogens is 228 g/mol. The van der Waals surface area contributed by atoms with Gasteiger partial charge in [0.25, 0.3) is 0 Å². The summed E-state index contributed by atoms with van der Waals surface area (Å²) in [5.41, 5.74) is 1.97. The van der Waals surface area contributed by atoms with E-state index in [0.29, 0.717) is 12.8 Å². The summed E-state index contributed by atoms with van der Waals surface area (Å²) in [4.78, 5) is 18.1.